The topological polar surface area (TPSA) is 122 Å². The summed E-state index contributed by atoms with van der Waals surface area (Å²) in [6, 6.07) is 14.6. The maximum Gasteiger partial charge on any atom is 0.343 e. The van der Waals surface area contributed by atoms with Gasteiger partial charge in [0.1, 0.15) is 11.6 Å². The number of nitro benzene ring substituents is 1. The number of nitriles is 1. The molecular weight excluding hydrogens is 540 g/mol. The molecule has 1 amide bonds. The molecule has 3 aromatic rings. The molecule has 0 radical (unpaired) electrons. The highest BCUT2D eigenvalue weighted by atomic mass is 35.5. The molecule has 0 fully saturated rings. The van der Waals surface area contributed by atoms with Crippen molar-refractivity contribution in [2.75, 3.05) is 5.32 Å². The van der Waals surface area contributed by atoms with Gasteiger partial charge in [0.25, 0.3) is 11.6 Å². The van der Waals surface area contributed by atoms with Crippen molar-refractivity contribution in [2.45, 2.75) is 0 Å². The van der Waals surface area contributed by atoms with E-state index in [1.54, 1.807) is 36.4 Å². The Morgan fingerprint density at radius 1 is 0.971 bits per heavy atom. The fraction of sp³-hybridized carbons (Fsp3) is 0. The summed E-state index contributed by atoms with van der Waals surface area (Å²) >= 11 is 24.4. The largest absolute Gasteiger partial charge is 0.420 e. The highest BCUT2D eigenvalue weighted by molar-refractivity contribution is 6.40. The summed E-state index contributed by atoms with van der Waals surface area (Å²) in [5.74, 6) is -1.66. The van der Waals surface area contributed by atoms with Gasteiger partial charge in [-0.15, -0.1) is 0 Å². The molecule has 0 aliphatic carbocycles. The molecular formula is C23H11Cl4N3O5. The molecule has 3 rings (SSSR count). The summed E-state index contributed by atoms with van der Waals surface area (Å²) in [6.07, 6.45) is 1.18. The van der Waals surface area contributed by atoms with Crippen LogP contribution < -0.4 is 10.1 Å². The lowest BCUT2D eigenvalue weighted by Gasteiger charge is -2.10. The standard InChI is InChI=1S/C23H11Cl4N3O5/c24-16-9-15(30(33)34)10-17(25)20(16)29-22(31)14(11-28)6-12-7-18(26)21(19(27)8-12)35-23(32)13-4-2-1-3-5-13/h1-10H,(H,29,31)/b14-6+. The van der Waals surface area contributed by atoms with Crippen molar-refractivity contribution in [3.63, 3.8) is 0 Å². The Morgan fingerprint density at radius 2 is 1.54 bits per heavy atom. The van der Waals surface area contributed by atoms with Crippen molar-refractivity contribution < 1.29 is 19.2 Å². The number of rotatable bonds is 6. The second-order valence-corrected chi connectivity index (χ2v) is 8.36. The molecule has 176 valence electrons. The van der Waals surface area contributed by atoms with Gasteiger partial charge in [-0.25, -0.2) is 4.79 Å². The lowest BCUT2D eigenvalue weighted by molar-refractivity contribution is -0.384. The van der Waals surface area contributed by atoms with Crippen molar-refractivity contribution in [1.82, 2.24) is 0 Å². The molecule has 0 bridgehead atoms. The van der Waals surface area contributed by atoms with E-state index in [4.69, 9.17) is 51.1 Å². The molecule has 12 heteroatoms. The Kier molecular flexibility index (Phi) is 8.33. The van der Waals surface area contributed by atoms with Crippen molar-refractivity contribution >= 4 is 75.7 Å². The quantitative estimate of drug-likeness (QED) is 0.0882. The smallest absolute Gasteiger partial charge is 0.343 e. The van der Waals surface area contributed by atoms with Crippen LogP contribution in [-0.2, 0) is 4.79 Å². The first-order valence-electron chi connectivity index (χ1n) is 9.43. The van der Waals surface area contributed by atoms with E-state index in [9.17, 15) is 25.0 Å². The molecule has 3 aromatic carbocycles. The summed E-state index contributed by atoms with van der Waals surface area (Å²) < 4.78 is 5.28. The van der Waals surface area contributed by atoms with Crippen LogP contribution in [0.25, 0.3) is 6.08 Å². The SMILES string of the molecule is N#C/C(=C\c1cc(Cl)c(OC(=O)c2ccccc2)c(Cl)c1)C(=O)Nc1c(Cl)cc([N+](=O)[O-])cc1Cl. The second-order valence-electron chi connectivity index (χ2n) is 6.73. The number of amides is 1. The average Bonchev–Trinajstić information content (AvgIpc) is 2.82. The molecule has 0 aliphatic rings. The summed E-state index contributed by atoms with van der Waals surface area (Å²) in [6.45, 7) is 0. The predicted molar refractivity (Wildman–Crippen MR) is 133 cm³/mol. The number of nitrogens with zero attached hydrogens (tertiary/aromatic N) is 2. The first kappa shape index (κ1) is 26.0. The maximum atomic E-state index is 12.6. The lowest BCUT2D eigenvalue weighted by Crippen LogP contribution is -2.14. The molecule has 0 aliphatic heterocycles. The van der Waals surface area contributed by atoms with Gasteiger partial charge in [0.15, 0.2) is 5.75 Å². The van der Waals surface area contributed by atoms with Crippen molar-refractivity contribution in [3.8, 4) is 11.8 Å². The summed E-state index contributed by atoms with van der Waals surface area (Å²) in [5, 5.41) is 22.3. The molecule has 0 unspecified atom stereocenters. The maximum absolute atomic E-state index is 12.6. The van der Waals surface area contributed by atoms with Crippen molar-refractivity contribution in [2.24, 2.45) is 0 Å². The fourth-order valence-corrected chi connectivity index (χ4v) is 3.92. The summed E-state index contributed by atoms with van der Waals surface area (Å²) in [5.41, 5.74) is -0.310. The fourth-order valence-electron chi connectivity index (χ4n) is 2.77. The molecule has 0 heterocycles. The van der Waals surface area contributed by atoms with Gasteiger partial charge in [-0.1, -0.05) is 64.6 Å². The number of halogens is 4. The Balaban J connectivity index is 1.85. The van der Waals surface area contributed by atoms with E-state index < -0.39 is 16.8 Å². The minimum absolute atomic E-state index is 0.0350. The number of nitrogens with one attached hydrogen (secondary N) is 1. The Morgan fingerprint density at radius 3 is 2.06 bits per heavy atom. The third-order valence-corrected chi connectivity index (χ3v) is 5.53. The van der Waals surface area contributed by atoms with Gasteiger partial charge in [0, 0.05) is 12.1 Å². The van der Waals surface area contributed by atoms with Gasteiger partial charge in [-0.05, 0) is 35.9 Å². The minimum atomic E-state index is -0.892. The molecule has 35 heavy (non-hydrogen) atoms. The number of nitro groups is 1. The van der Waals surface area contributed by atoms with Crippen molar-refractivity contribution in [1.29, 1.82) is 5.26 Å². The number of hydrogen-bond donors (Lipinski definition) is 1. The number of anilines is 1. The van der Waals surface area contributed by atoms with Crippen LogP contribution in [0.2, 0.25) is 20.1 Å². The molecule has 0 saturated heterocycles. The van der Waals surface area contributed by atoms with E-state index in [0.29, 0.717) is 0 Å². The number of carbonyl (C=O) groups excluding carboxylic acids is 2. The molecule has 0 spiro atoms. The van der Waals surface area contributed by atoms with Gasteiger partial charge in [0.2, 0.25) is 0 Å². The van der Waals surface area contributed by atoms with Crippen LogP contribution in [0, 0.1) is 21.4 Å². The molecule has 1 N–H and O–H groups in total. The Hall–Kier alpha value is -3.61. The van der Waals surface area contributed by atoms with Gasteiger partial charge in [-0.2, -0.15) is 5.26 Å². The van der Waals surface area contributed by atoms with Crippen LogP contribution in [-0.4, -0.2) is 16.8 Å². The highest BCUT2D eigenvalue weighted by Crippen LogP contribution is 2.37. The zero-order valence-corrected chi connectivity index (χ0v) is 20.2. The molecule has 0 saturated carbocycles. The van der Waals surface area contributed by atoms with Crippen LogP contribution in [0.3, 0.4) is 0 Å². The summed E-state index contributed by atoms with van der Waals surface area (Å²) in [4.78, 5) is 35.1. The van der Waals surface area contributed by atoms with Gasteiger partial charge in [0.05, 0.1) is 36.3 Å². The van der Waals surface area contributed by atoms with E-state index in [-0.39, 0.29) is 53.9 Å². The average molecular weight is 551 g/mol. The first-order chi connectivity index (χ1) is 16.6. The monoisotopic (exact) mass is 549 g/mol. The molecule has 0 aromatic heterocycles. The molecule has 8 nitrogen and oxygen atoms in total. The van der Waals surface area contributed by atoms with Crippen LogP contribution >= 0.6 is 46.4 Å². The Bertz CT molecular complexity index is 1370. The number of non-ortho nitro benzene ring substituents is 1. The third kappa shape index (κ3) is 6.29. The normalized spacial score (nSPS) is 10.9. The van der Waals surface area contributed by atoms with E-state index in [0.717, 1.165) is 12.1 Å². The van der Waals surface area contributed by atoms with E-state index >= 15 is 0 Å². The van der Waals surface area contributed by atoms with Crippen LogP contribution in [0.1, 0.15) is 15.9 Å². The number of benzene rings is 3. The number of hydrogen-bond acceptors (Lipinski definition) is 6. The number of carbonyl (C=O) groups is 2. The highest BCUT2D eigenvalue weighted by Gasteiger charge is 2.19. The second kappa shape index (κ2) is 11.2. The van der Waals surface area contributed by atoms with Crippen LogP contribution in [0.15, 0.2) is 60.2 Å². The van der Waals surface area contributed by atoms with E-state index in [1.165, 1.54) is 18.2 Å². The molecule has 0 atom stereocenters. The number of esters is 1. The Labute approximate surface area is 218 Å². The number of ether oxygens (including phenoxy) is 1. The van der Waals surface area contributed by atoms with Crippen LogP contribution in [0.5, 0.6) is 5.75 Å². The van der Waals surface area contributed by atoms with Crippen molar-refractivity contribution in [3.05, 3.63) is 102 Å². The van der Waals surface area contributed by atoms with E-state index in [2.05, 4.69) is 5.32 Å². The van der Waals surface area contributed by atoms with Gasteiger partial charge >= 0.3 is 5.97 Å². The zero-order valence-electron chi connectivity index (χ0n) is 17.2. The van der Waals surface area contributed by atoms with Gasteiger partial charge in [-0.3, -0.25) is 14.9 Å². The van der Waals surface area contributed by atoms with Crippen LogP contribution in [0.4, 0.5) is 11.4 Å². The zero-order chi connectivity index (χ0) is 25.7. The summed E-state index contributed by atoms with van der Waals surface area (Å²) in [7, 11) is 0. The third-order valence-electron chi connectivity index (χ3n) is 4.38. The van der Waals surface area contributed by atoms with E-state index in [1.807, 2.05) is 0 Å². The predicted octanol–water partition coefficient (Wildman–Crippen LogP) is 6.97. The minimum Gasteiger partial charge on any atom is -0.420 e. The van der Waals surface area contributed by atoms with Gasteiger partial charge < -0.3 is 10.1 Å². The lowest BCUT2D eigenvalue weighted by atomic mass is 10.1. The first-order valence-corrected chi connectivity index (χ1v) is 10.9.